The van der Waals surface area contributed by atoms with E-state index in [9.17, 15) is 66.7 Å². The zero-order valence-corrected chi connectivity index (χ0v) is 55.4. The van der Waals surface area contributed by atoms with Gasteiger partial charge in [-0.1, -0.05) is 24.7 Å². The van der Waals surface area contributed by atoms with E-state index in [4.69, 9.17) is 55.5 Å². The Morgan fingerprint density at radius 3 is 1.46 bits per heavy atom. The first-order chi connectivity index (χ1) is 44.1. The fourth-order valence-corrected chi connectivity index (χ4v) is 12.3. The number of ether oxygens (including phenoxy) is 1. The predicted molar refractivity (Wildman–Crippen MR) is 336 cm³/mol. The summed E-state index contributed by atoms with van der Waals surface area (Å²) in [5, 5.41) is 19.4. The zero-order chi connectivity index (χ0) is 69.4. The molecule has 0 aromatic carbocycles. The molecule has 7 amide bonds. The molecule has 11 atom stereocenters. The van der Waals surface area contributed by atoms with E-state index in [0.717, 1.165) is 4.57 Å². The third kappa shape index (κ3) is 35.8. The molecular formula is C54H99N17O19P3-3. The minimum Gasteiger partial charge on any atom is -0.756 e. The molecule has 1 aliphatic rings. The van der Waals surface area contributed by atoms with Crippen molar-refractivity contribution < 1.29 is 84.7 Å². The van der Waals surface area contributed by atoms with E-state index >= 15 is 0 Å². The summed E-state index contributed by atoms with van der Waals surface area (Å²) in [6, 6.07) is -6.50. The van der Waals surface area contributed by atoms with Crippen LogP contribution in [0.2, 0.25) is 0 Å². The fraction of sp³-hybridized carbons (Fsp3) is 0.759. The highest BCUT2D eigenvalue weighted by Gasteiger charge is 2.34. The number of hydrogen-bond donors (Lipinski definition) is 16. The van der Waals surface area contributed by atoms with Crippen LogP contribution in [-0.4, -0.2) is 157 Å². The number of phosphoric ester groups is 1. The van der Waals surface area contributed by atoms with Gasteiger partial charge in [-0.3, -0.25) is 51.8 Å². The Morgan fingerprint density at radius 1 is 0.591 bits per heavy atom. The summed E-state index contributed by atoms with van der Waals surface area (Å²) in [4.78, 5) is 155. The Balaban J connectivity index is 2.08. The van der Waals surface area contributed by atoms with Crippen LogP contribution < -0.4 is 103 Å². The summed E-state index contributed by atoms with van der Waals surface area (Å²) in [6.07, 6.45) is 8.13. The summed E-state index contributed by atoms with van der Waals surface area (Å²) in [5.74, 6) is 1.14. The number of rotatable bonds is 50. The molecule has 1 aromatic rings. The van der Waals surface area contributed by atoms with Crippen molar-refractivity contribution in [3.05, 3.63) is 22.2 Å². The second-order valence-corrected chi connectivity index (χ2v) is 26.4. The second-order valence-electron chi connectivity index (χ2n) is 22.1. The van der Waals surface area contributed by atoms with Crippen LogP contribution in [0.4, 0.5) is 5.82 Å². The maximum absolute atomic E-state index is 14.3. The van der Waals surface area contributed by atoms with Gasteiger partial charge in [-0.2, -0.15) is 4.98 Å². The molecule has 2 rings (SSSR count). The number of nitrogens with one attached hydrogen (secondary N) is 7. The van der Waals surface area contributed by atoms with E-state index in [1.807, 2.05) is 0 Å². The van der Waals surface area contributed by atoms with E-state index in [1.165, 1.54) is 6.20 Å². The molecule has 24 N–H and O–H groups in total. The average Bonchev–Trinajstić information content (AvgIpc) is 1.83. The highest BCUT2D eigenvalue weighted by atomic mass is 31.3. The highest BCUT2D eigenvalue weighted by Crippen LogP contribution is 2.61. The first-order valence-electron chi connectivity index (χ1n) is 31.4. The number of nitrogen functional groups attached to an aromatic ring is 1. The third-order valence-electron chi connectivity index (χ3n) is 14.4. The van der Waals surface area contributed by atoms with Gasteiger partial charge in [0.25, 0.3) is 23.5 Å². The molecule has 2 heterocycles. The van der Waals surface area contributed by atoms with Crippen molar-refractivity contribution in [3.8, 4) is 11.8 Å². The van der Waals surface area contributed by atoms with Crippen LogP contribution in [0.5, 0.6) is 0 Å². The molecule has 0 saturated carbocycles. The smallest absolute Gasteiger partial charge is 0.351 e. The highest BCUT2D eigenvalue weighted by molar-refractivity contribution is 7.65. The standard InChI is InChI=1S/C54H102N17O19P3/c55-27-9-3-18-39(61)48(73)65-41(20-5-11-29-57)50(75)67-43(22-7-13-31-59)52(77)69-44(23-8-14-32-60)53(78)68-42(21-6-12-30-58)51(76)66-40(19-4-10-28-56)49(74)64-33-15-1-2-24-45(72)63-34-16-17-37-35-71(54(79)70-47(37)62)46-26-25-38(88-46)36-87-92(83,84)90-93(85,86)89-91(80,81)82/h35,38-44,46H,1-15,18-34,36,55-61H2,(H,63,72)(H,64,74)(H,65,73)(H,66,76)(H,67,75)(H,68,78)(H,69,77)(H,83,84)(H,85,86)(H2,62,70,79)(H2,80,81,82)/p-3/t38-,39-,40-,41-,42-,43-,44-,46+/m0/s1. The number of anilines is 1. The van der Waals surface area contributed by atoms with Crippen LogP contribution in [0.15, 0.2) is 11.0 Å². The van der Waals surface area contributed by atoms with Gasteiger partial charge in [0.2, 0.25) is 41.4 Å². The fourth-order valence-electron chi connectivity index (χ4n) is 9.37. The van der Waals surface area contributed by atoms with E-state index in [2.05, 4.69) is 67.2 Å². The van der Waals surface area contributed by atoms with Crippen LogP contribution in [-0.2, 0) is 65.1 Å². The Bertz CT molecular complexity index is 2760. The van der Waals surface area contributed by atoms with Crippen molar-refractivity contribution in [3.63, 3.8) is 0 Å². The monoisotopic (exact) mass is 1380 g/mol. The van der Waals surface area contributed by atoms with Gasteiger partial charge >= 0.3 is 5.69 Å². The number of amides is 7. The summed E-state index contributed by atoms with van der Waals surface area (Å²) < 4.78 is 52.1. The molecule has 1 aliphatic heterocycles. The minimum absolute atomic E-state index is 0.0697. The van der Waals surface area contributed by atoms with Gasteiger partial charge in [-0.25, -0.2) is 13.4 Å². The quantitative estimate of drug-likeness (QED) is 0.0166. The van der Waals surface area contributed by atoms with Gasteiger partial charge in [0.15, 0.2) is 0 Å². The Hall–Kier alpha value is -5.38. The van der Waals surface area contributed by atoms with E-state index < -0.39 is 120 Å². The zero-order valence-electron chi connectivity index (χ0n) is 52.7. The molecular weight excluding hydrogens is 1280 g/mol. The second kappa shape index (κ2) is 45.9. The van der Waals surface area contributed by atoms with Gasteiger partial charge < -0.3 is 112 Å². The number of carbonyl (C=O) groups is 7. The molecule has 0 bridgehead atoms. The molecule has 93 heavy (non-hydrogen) atoms. The largest absolute Gasteiger partial charge is 0.756 e. The Kier molecular flexibility index (Phi) is 41.3. The van der Waals surface area contributed by atoms with Gasteiger partial charge in [0.05, 0.1) is 30.9 Å². The molecule has 1 aromatic heterocycles. The number of carbonyl (C=O) groups excluding carboxylic acids is 7. The third-order valence-corrected chi connectivity index (χ3v) is 18.1. The maximum Gasteiger partial charge on any atom is 0.351 e. The molecule has 0 spiro atoms. The molecule has 532 valence electrons. The van der Waals surface area contributed by atoms with Crippen molar-refractivity contribution in [1.82, 2.24) is 46.8 Å². The lowest BCUT2D eigenvalue weighted by Crippen LogP contribution is -2.59. The van der Waals surface area contributed by atoms with Crippen molar-refractivity contribution in [2.45, 2.75) is 203 Å². The molecule has 0 radical (unpaired) electrons. The van der Waals surface area contributed by atoms with Gasteiger partial charge in [0, 0.05) is 19.2 Å². The van der Waals surface area contributed by atoms with E-state index in [-0.39, 0.29) is 81.7 Å². The normalized spacial score (nSPS) is 17.7. The van der Waals surface area contributed by atoms with Crippen LogP contribution in [0.25, 0.3) is 0 Å². The van der Waals surface area contributed by atoms with E-state index in [1.54, 1.807) is 0 Å². The predicted octanol–water partition coefficient (Wildman–Crippen LogP) is -4.38. The van der Waals surface area contributed by atoms with Gasteiger partial charge in [0.1, 0.15) is 42.3 Å². The Morgan fingerprint density at radius 2 is 1.02 bits per heavy atom. The minimum atomic E-state index is -6.11. The number of hydrogen-bond acceptors (Lipinski definition) is 27. The molecule has 0 aliphatic carbocycles. The summed E-state index contributed by atoms with van der Waals surface area (Å²) in [6.45, 7) is 1.24. The lowest BCUT2D eigenvalue weighted by molar-refractivity contribution is -0.250. The van der Waals surface area contributed by atoms with Crippen molar-refractivity contribution in [1.29, 1.82) is 0 Å². The lowest BCUT2D eigenvalue weighted by atomic mass is 10.0. The maximum atomic E-state index is 14.3. The van der Waals surface area contributed by atoms with Crippen molar-refractivity contribution >= 4 is 70.6 Å². The number of nitrogens with zero attached hydrogens (tertiary/aromatic N) is 2. The first kappa shape index (κ1) is 83.7. The van der Waals surface area contributed by atoms with Gasteiger partial charge in [-0.05, 0) is 174 Å². The van der Waals surface area contributed by atoms with Crippen LogP contribution in [0, 0.1) is 11.8 Å². The van der Waals surface area contributed by atoms with E-state index in [0.29, 0.717) is 142 Å². The topological polar surface area (TPSA) is 624 Å². The number of nitrogens with two attached hydrogens (primary N) is 8. The lowest BCUT2D eigenvalue weighted by Gasteiger charge is -2.32. The first-order valence-corrected chi connectivity index (χ1v) is 35.8. The van der Waals surface area contributed by atoms with Gasteiger partial charge in [-0.15, -0.1) is 0 Å². The average molecular weight is 1380 g/mol. The Labute approximate surface area is 541 Å². The molecule has 39 heteroatoms. The van der Waals surface area contributed by atoms with Crippen molar-refractivity contribution in [2.75, 3.05) is 64.7 Å². The summed E-state index contributed by atoms with van der Waals surface area (Å²) in [7, 11) is -17.8. The SMILES string of the molecule is NCCCC[C@H](NC(=O)[C@H](CCCCN)NC(=O)[C@H](CCCCN)NC(=O)[C@H](CCCCN)NC(=O)[C@H](CCCCN)NC(=O)[C@@H](N)CCCCN)C(=O)NCCCCCC(=O)NCC#Cc1cn([C@H]2CC[C@@H](COP(=O)([O-])OP(=O)([O-])OP(=O)([O-])O)O2)c(=O)nc1N. The van der Waals surface area contributed by atoms with Crippen LogP contribution in [0.1, 0.15) is 166 Å². The molecule has 3 unspecified atom stereocenters. The summed E-state index contributed by atoms with van der Waals surface area (Å²) >= 11 is 0. The van der Waals surface area contributed by atoms with Crippen LogP contribution in [0.3, 0.4) is 0 Å². The van der Waals surface area contributed by atoms with Crippen molar-refractivity contribution in [2.24, 2.45) is 40.1 Å². The molecule has 1 saturated heterocycles. The molecule has 36 nitrogen and oxygen atoms in total. The summed E-state index contributed by atoms with van der Waals surface area (Å²) in [5.41, 5.74) is 45.7. The molecule has 1 fully saturated rings. The van der Waals surface area contributed by atoms with Crippen LogP contribution >= 0.6 is 23.5 Å². The number of unbranched alkanes of at least 4 members (excludes halogenated alkanes) is 8. The number of phosphoric acid groups is 3. The number of aromatic nitrogens is 2.